The molecule has 2 heteroatoms. The zero-order valence-electron chi connectivity index (χ0n) is 10.9. The molecule has 0 saturated heterocycles. The van der Waals surface area contributed by atoms with Gasteiger partial charge in [0, 0.05) is 18.8 Å². The van der Waals surface area contributed by atoms with E-state index < -0.39 is 0 Å². The van der Waals surface area contributed by atoms with Crippen LogP contribution in [-0.2, 0) is 0 Å². The minimum absolute atomic E-state index is 0.541. The maximum atomic E-state index is 5.57. The van der Waals surface area contributed by atoms with Crippen LogP contribution in [0, 0.1) is 0 Å². The van der Waals surface area contributed by atoms with Crippen LogP contribution in [0.1, 0.15) is 50.7 Å². The molecule has 0 atom stereocenters. The molecule has 0 saturated carbocycles. The Hall–Kier alpha value is -1.02. The van der Waals surface area contributed by atoms with Crippen LogP contribution in [0.5, 0.6) is 0 Å². The molecule has 0 aliphatic carbocycles. The van der Waals surface area contributed by atoms with E-state index in [1.165, 1.54) is 16.8 Å². The first-order chi connectivity index (χ1) is 7.57. The Bertz CT molecular complexity index is 303. The number of benzene rings is 1. The smallest absolute Gasteiger partial charge is 0.0410 e. The highest BCUT2D eigenvalue weighted by atomic mass is 14.9. The van der Waals surface area contributed by atoms with Crippen molar-refractivity contribution in [3.05, 3.63) is 29.3 Å². The summed E-state index contributed by atoms with van der Waals surface area (Å²) in [5, 5.41) is 3.47. The molecule has 1 aromatic carbocycles. The molecule has 90 valence electrons. The van der Waals surface area contributed by atoms with Gasteiger partial charge < -0.3 is 11.1 Å². The topological polar surface area (TPSA) is 38.0 Å². The van der Waals surface area contributed by atoms with E-state index in [0.717, 1.165) is 6.54 Å². The first-order valence-electron chi connectivity index (χ1n) is 6.14. The predicted octanol–water partition coefficient (Wildman–Crippen LogP) is 3.30. The maximum Gasteiger partial charge on any atom is 0.0410 e. The predicted molar refractivity (Wildman–Crippen MR) is 72.2 cm³/mol. The first kappa shape index (κ1) is 13.0. The van der Waals surface area contributed by atoms with Gasteiger partial charge >= 0.3 is 0 Å². The zero-order chi connectivity index (χ0) is 12.1. The largest absolute Gasteiger partial charge is 0.383 e. The molecule has 0 aromatic heterocycles. The van der Waals surface area contributed by atoms with Crippen LogP contribution in [-0.4, -0.2) is 13.1 Å². The van der Waals surface area contributed by atoms with Gasteiger partial charge in [-0.05, 0) is 23.0 Å². The molecule has 0 aliphatic rings. The van der Waals surface area contributed by atoms with E-state index in [9.17, 15) is 0 Å². The van der Waals surface area contributed by atoms with Gasteiger partial charge in [-0.15, -0.1) is 0 Å². The van der Waals surface area contributed by atoms with Crippen LogP contribution in [0.4, 0.5) is 5.69 Å². The van der Waals surface area contributed by atoms with E-state index in [4.69, 9.17) is 5.73 Å². The van der Waals surface area contributed by atoms with E-state index in [1.54, 1.807) is 0 Å². The summed E-state index contributed by atoms with van der Waals surface area (Å²) in [6.45, 7) is 10.4. The molecule has 2 nitrogen and oxygen atoms in total. The lowest BCUT2D eigenvalue weighted by atomic mass is 9.92. The van der Waals surface area contributed by atoms with E-state index in [-0.39, 0.29) is 0 Å². The summed E-state index contributed by atoms with van der Waals surface area (Å²) in [4.78, 5) is 0. The molecule has 0 heterocycles. The summed E-state index contributed by atoms with van der Waals surface area (Å²) in [6.07, 6.45) is 0. The van der Waals surface area contributed by atoms with E-state index >= 15 is 0 Å². The molecular weight excluding hydrogens is 196 g/mol. The second-order valence-corrected chi connectivity index (χ2v) is 4.84. The second-order valence-electron chi connectivity index (χ2n) is 4.84. The Morgan fingerprint density at radius 3 is 1.94 bits per heavy atom. The fourth-order valence-electron chi connectivity index (χ4n) is 1.95. The normalized spacial score (nSPS) is 11.2. The van der Waals surface area contributed by atoms with Crippen LogP contribution < -0.4 is 11.1 Å². The van der Waals surface area contributed by atoms with Crippen LogP contribution >= 0.6 is 0 Å². The molecule has 0 unspecified atom stereocenters. The molecular formula is C14H24N2. The first-order valence-corrected chi connectivity index (χ1v) is 6.14. The van der Waals surface area contributed by atoms with Crippen LogP contribution in [0.25, 0.3) is 0 Å². The number of nitrogens with two attached hydrogens (primary N) is 1. The van der Waals surface area contributed by atoms with Crippen LogP contribution in [0.15, 0.2) is 18.2 Å². The van der Waals surface area contributed by atoms with E-state index in [0.29, 0.717) is 18.4 Å². The SMILES string of the molecule is CC(C)c1cccc(C(C)C)c1NCCN. The number of para-hydroxylation sites is 1. The Labute approximate surface area is 99.2 Å². The van der Waals surface area contributed by atoms with Gasteiger partial charge in [-0.25, -0.2) is 0 Å². The van der Waals surface area contributed by atoms with Gasteiger partial charge in [0.25, 0.3) is 0 Å². The van der Waals surface area contributed by atoms with Crippen molar-refractivity contribution < 1.29 is 0 Å². The van der Waals surface area contributed by atoms with E-state index in [2.05, 4.69) is 51.2 Å². The molecule has 1 aromatic rings. The molecule has 0 bridgehead atoms. The average molecular weight is 220 g/mol. The molecule has 16 heavy (non-hydrogen) atoms. The lowest BCUT2D eigenvalue weighted by molar-refractivity contribution is 0.832. The molecule has 0 radical (unpaired) electrons. The zero-order valence-corrected chi connectivity index (χ0v) is 10.9. The average Bonchev–Trinajstić information content (AvgIpc) is 2.25. The quantitative estimate of drug-likeness (QED) is 0.799. The molecule has 3 N–H and O–H groups in total. The third-order valence-electron chi connectivity index (χ3n) is 2.82. The number of hydrogen-bond acceptors (Lipinski definition) is 2. The van der Waals surface area contributed by atoms with Crippen molar-refractivity contribution in [3.63, 3.8) is 0 Å². The molecule has 0 amide bonds. The Morgan fingerprint density at radius 1 is 1.06 bits per heavy atom. The van der Waals surface area contributed by atoms with Gasteiger partial charge in [0.15, 0.2) is 0 Å². The number of rotatable bonds is 5. The summed E-state index contributed by atoms with van der Waals surface area (Å²) >= 11 is 0. The molecule has 1 rings (SSSR count). The van der Waals surface area contributed by atoms with Crippen molar-refractivity contribution in [1.29, 1.82) is 0 Å². The van der Waals surface area contributed by atoms with Crippen molar-refractivity contribution in [2.75, 3.05) is 18.4 Å². The Balaban J connectivity index is 3.12. The highest BCUT2D eigenvalue weighted by Gasteiger charge is 2.12. The van der Waals surface area contributed by atoms with Crippen molar-refractivity contribution in [3.8, 4) is 0 Å². The van der Waals surface area contributed by atoms with E-state index in [1.807, 2.05) is 0 Å². The lowest BCUT2D eigenvalue weighted by Gasteiger charge is -2.20. The number of anilines is 1. The van der Waals surface area contributed by atoms with Crippen molar-refractivity contribution in [2.45, 2.75) is 39.5 Å². The van der Waals surface area contributed by atoms with Gasteiger partial charge in [-0.3, -0.25) is 0 Å². The minimum Gasteiger partial charge on any atom is -0.383 e. The van der Waals surface area contributed by atoms with Crippen molar-refractivity contribution in [1.82, 2.24) is 0 Å². The molecule has 0 fully saturated rings. The summed E-state index contributed by atoms with van der Waals surface area (Å²) < 4.78 is 0. The fraction of sp³-hybridized carbons (Fsp3) is 0.571. The standard InChI is InChI=1S/C14H24N2/c1-10(2)12-6-5-7-13(11(3)4)14(12)16-9-8-15/h5-7,10-11,16H,8-9,15H2,1-4H3. The fourth-order valence-corrected chi connectivity index (χ4v) is 1.95. The third kappa shape index (κ3) is 2.99. The van der Waals surface area contributed by atoms with Gasteiger partial charge in [0.1, 0.15) is 0 Å². The van der Waals surface area contributed by atoms with Crippen molar-refractivity contribution >= 4 is 5.69 Å². The lowest BCUT2D eigenvalue weighted by Crippen LogP contribution is -2.16. The second kappa shape index (κ2) is 5.90. The maximum absolute atomic E-state index is 5.57. The minimum atomic E-state index is 0.541. The van der Waals surface area contributed by atoms with Crippen LogP contribution in [0.3, 0.4) is 0 Å². The summed E-state index contributed by atoms with van der Waals surface area (Å²) in [5.41, 5.74) is 9.63. The highest BCUT2D eigenvalue weighted by molar-refractivity contribution is 5.60. The third-order valence-corrected chi connectivity index (χ3v) is 2.82. The van der Waals surface area contributed by atoms with Gasteiger partial charge in [-0.2, -0.15) is 0 Å². The summed E-state index contributed by atoms with van der Waals surface area (Å²) in [5.74, 6) is 1.08. The molecule has 0 aliphatic heterocycles. The highest BCUT2D eigenvalue weighted by Crippen LogP contribution is 2.31. The van der Waals surface area contributed by atoms with Crippen LogP contribution in [0.2, 0.25) is 0 Å². The number of nitrogens with one attached hydrogen (secondary N) is 1. The molecule has 0 spiro atoms. The van der Waals surface area contributed by atoms with Gasteiger partial charge in [0.2, 0.25) is 0 Å². The Kier molecular flexibility index (Phi) is 4.81. The van der Waals surface area contributed by atoms with Gasteiger partial charge in [-0.1, -0.05) is 45.9 Å². The Morgan fingerprint density at radius 2 is 1.56 bits per heavy atom. The summed E-state index contributed by atoms with van der Waals surface area (Å²) in [7, 11) is 0. The summed E-state index contributed by atoms with van der Waals surface area (Å²) in [6, 6.07) is 6.56. The van der Waals surface area contributed by atoms with Crippen molar-refractivity contribution in [2.24, 2.45) is 5.73 Å². The number of hydrogen-bond donors (Lipinski definition) is 2. The van der Waals surface area contributed by atoms with Gasteiger partial charge in [0.05, 0.1) is 0 Å². The monoisotopic (exact) mass is 220 g/mol.